The van der Waals surface area contributed by atoms with E-state index in [-0.39, 0.29) is 0 Å². The average Bonchev–Trinajstić information content (AvgIpc) is 2.61. The van der Waals surface area contributed by atoms with Crippen molar-refractivity contribution in [3.63, 3.8) is 0 Å². The molecule has 0 saturated carbocycles. The summed E-state index contributed by atoms with van der Waals surface area (Å²) in [6.07, 6.45) is 3.98. The van der Waals surface area contributed by atoms with Gasteiger partial charge in [-0.1, -0.05) is 48.0 Å². The molecule has 2 aromatic rings. The molecule has 1 N–H and O–H groups in total. The first-order valence-corrected chi connectivity index (χ1v) is 7.15. The van der Waals surface area contributed by atoms with E-state index in [0.717, 1.165) is 36.8 Å². The number of benzene rings is 2. The van der Waals surface area contributed by atoms with Gasteiger partial charge >= 0.3 is 0 Å². The molecule has 1 nitrogen and oxygen atoms in total. The zero-order chi connectivity index (χ0) is 13.3. The van der Waals surface area contributed by atoms with Crippen LogP contribution in [0.5, 0.6) is 0 Å². The maximum Gasteiger partial charge on any atom is 0.115 e. The minimum atomic E-state index is -0.877. The second-order valence-corrected chi connectivity index (χ2v) is 5.67. The Labute approximate surface area is 118 Å². The lowest BCUT2D eigenvalue weighted by molar-refractivity contribution is 0.0705. The summed E-state index contributed by atoms with van der Waals surface area (Å²) < 4.78 is 0. The van der Waals surface area contributed by atoms with Gasteiger partial charge in [0.2, 0.25) is 0 Å². The summed E-state index contributed by atoms with van der Waals surface area (Å²) >= 11 is 5.95. The Morgan fingerprint density at radius 2 is 1.68 bits per heavy atom. The van der Waals surface area contributed by atoms with Crippen molar-refractivity contribution in [3.8, 4) is 0 Å². The maximum atomic E-state index is 11.2. The largest absolute Gasteiger partial charge is 0.380 e. The van der Waals surface area contributed by atoms with Crippen LogP contribution < -0.4 is 0 Å². The molecule has 0 aliphatic heterocycles. The van der Waals surface area contributed by atoms with Gasteiger partial charge in [0.25, 0.3) is 0 Å². The highest BCUT2D eigenvalue weighted by Crippen LogP contribution is 2.39. The second-order valence-electron chi connectivity index (χ2n) is 5.23. The fraction of sp³-hybridized carbons (Fsp3) is 0.294. The van der Waals surface area contributed by atoms with Gasteiger partial charge in [-0.2, -0.15) is 0 Å². The van der Waals surface area contributed by atoms with E-state index in [2.05, 4.69) is 12.1 Å². The first kappa shape index (κ1) is 12.7. The van der Waals surface area contributed by atoms with Crippen molar-refractivity contribution in [2.45, 2.75) is 31.3 Å². The molecule has 19 heavy (non-hydrogen) atoms. The van der Waals surface area contributed by atoms with Crippen LogP contribution in [0.2, 0.25) is 5.02 Å². The predicted octanol–water partition coefficient (Wildman–Crippen LogP) is 4.30. The van der Waals surface area contributed by atoms with Crippen molar-refractivity contribution >= 4 is 11.6 Å². The molecule has 0 aromatic heterocycles. The van der Waals surface area contributed by atoms with Gasteiger partial charge < -0.3 is 5.11 Å². The van der Waals surface area contributed by atoms with Crippen molar-refractivity contribution < 1.29 is 5.11 Å². The van der Waals surface area contributed by atoms with Crippen LogP contribution in [0.3, 0.4) is 0 Å². The maximum absolute atomic E-state index is 11.2. The van der Waals surface area contributed by atoms with E-state index in [1.807, 2.05) is 36.4 Å². The first-order chi connectivity index (χ1) is 9.20. The van der Waals surface area contributed by atoms with Crippen LogP contribution in [0.25, 0.3) is 0 Å². The molecule has 1 aliphatic carbocycles. The molecular weight excluding hydrogens is 256 g/mol. The van der Waals surface area contributed by atoms with E-state index in [4.69, 9.17) is 11.6 Å². The minimum absolute atomic E-state index is 0.703. The van der Waals surface area contributed by atoms with Gasteiger partial charge in [-0.15, -0.1) is 0 Å². The summed E-state index contributed by atoms with van der Waals surface area (Å²) in [4.78, 5) is 0. The number of hydrogen-bond donors (Lipinski definition) is 1. The number of fused-ring (bicyclic) bond motifs is 1. The van der Waals surface area contributed by atoms with Crippen molar-refractivity contribution in [2.75, 3.05) is 0 Å². The fourth-order valence-corrected chi connectivity index (χ4v) is 3.12. The summed E-state index contributed by atoms with van der Waals surface area (Å²) in [6.45, 7) is 0. The predicted molar refractivity (Wildman–Crippen MR) is 78.4 cm³/mol. The van der Waals surface area contributed by atoms with Crippen molar-refractivity contribution in [3.05, 3.63) is 70.2 Å². The molecule has 0 fully saturated rings. The standard InChI is InChI=1S/C17H17ClO/c18-15-10-8-14(9-11-15)17(19)12-4-3-6-13-5-1-2-7-16(13)17/h1-2,5,7-11,19H,3-4,6,12H2. The Bertz CT molecular complexity index is 576. The highest BCUT2D eigenvalue weighted by Gasteiger charge is 2.34. The Hall–Kier alpha value is -1.31. The summed E-state index contributed by atoms with van der Waals surface area (Å²) in [5.74, 6) is 0. The lowest BCUT2D eigenvalue weighted by Crippen LogP contribution is -2.27. The fourth-order valence-electron chi connectivity index (χ4n) is 3.00. The van der Waals surface area contributed by atoms with Crippen molar-refractivity contribution in [1.82, 2.24) is 0 Å². The zero-order valence-corrected chi connectivity index (χ0v) is 11.5. The van der Waals surface area contributed by atoms with Crippen LogP contribution in [0.4, 0.5) is 0 Å². The lowest BCUT2D eigenvalue weighted by Gasteiger charge is -2.29. The van der Waals surface area contributed by atoms with Crippen molar-refractivity contribution in [1.29, 1.82) is 0 Å². The first-order valence-electron chi connectivity index (χ1n) is 6.77. The molecule has 0 bridgehead atoms. The van der Waals surface area contributed by atoms with Crippen LogP contribution in [0.1, 0.15) is 36.0 Å². The molecule has 0 spiro atoms. The van der Waals surface area contributed by atoms with E-state index >= 15 is 0 Å². The monoisotopic (exact) mass is 272 g/mol. The van der Waals surface area contributed by atoms with Gasteiger partial charge in [0.1, 0.15) is 5.60 Å². The summed E-state index contributed by atoms with van der Waals surface area (Å²) in [6, 6.07) is 15.8. The Kier molecular flexibility index (Phi) is 3.34. The summed E-state index contributed by atoms with van der Waals surface area (Å²) in [5, 5.41) is 11.9. The van der Waals surface area contributed by atoms with Crippen LogP contribution in [0, 0.1) is 0 Å². The summed E-state index contributed by atoms with van der Waals surface area (Å²) in [5.41, 5.74) is 2.37. The highest BCUT2D eigenvalue weighted by atomic mass is 35.5. The van der Waals surface area contributed by atoms with Crippen LogP contribution in [-0.2, 0) is 12.0 Å². The third-order valence-electron chi connectivity index (χ3n) is 4.02. The van der Waals surface area contributed by atoms with E-state index in [1.54, 1.807) is 0 Å². The molecular formula is C17H17ClO. The Balaban J connectivity index is 2.14. The topological polar surface area (TPSA) is 20.2 Å². The third kappa shape index (κ3) is 2.29. The molecule has 1 unspecified atom stereocenters. The number of aryl methyl sites for hydroxylation is 1. The quantitative estimate of drug-likeness (QED) is 0.768. The van der Waals surface area contributed by atoms with Gasteiger partial charge in [-0.3, -0.25) is 0 Å². The molecule has 0 heterocycles. The van der Waals surface area contributed by atoms with E-state index < -0.39 is 5.60 Å². The van der Waals surface area contributed by atoms with Gasteiger partial charge in [0, 0.05) is 5.02 Å². The number of halogens is 1. The second kappa shape index (κ2) is 4.99. The average molecular weight is 273 g/mol. The molecule has 2 aromatic carbocycles. The lowest BCUT2D eigenvalue weighted by atomic mass is 9.82. The van der Waals surface area contributed by atoms with E-state index in [0.29, 0.717) is 5.02 Å². The van der Waals surface area contributed by atoms with Gasteiger partial charge in [-0.05, 0) is 54.5 Å². The van der Waals surface area contributed by atoms with Crippen LogP contribution in [0.15, 0.2) is 48.5 Å². The molecule has 1 atom stereocenters. The molecule has 2 heteroatoms. The molecule has 0 radical (unpaired) electrons. The molecule has 0 amide bonds. The van der Waals surface area contributed by atoms with E-state index in [9.17, 15) is 5.11 Å². The Morgan fingerprint density at radius 1 is 0.947 bits per heavy atom. The molecule has 1 aliphatic rings. The molecule has 0 saturated heterocycles. The van der Waals surface area contributed by atoms with Gasteiger partial charge in [-0.25, -0.2) is 0 Å². The van der Waals surface area contributed by atoms with Gasteiger partial charge in [0.15, 0.2) is 0 Å². The van der Waals surface area contributed by atoms with Crippen LogP contribution in [-0.4, -0.2) is 5.11 Å². The smallest absolute Gasteiger partial charge is 0.115 e. The minimum Gasteiger partial charge on any atom is -0.380 e. The Morgan fingerprint density at radius 3 is 2.47 bits per heavy atom. The third-order valence-corrected chi connectivity index (χ3v) is 4.27. The zero-order valence-electron chi connectivity index (χ0n) is 10.8. The van der Waals surface area contributed by atoms with E-state index in [1.165, 1.54) is 5.56 Å². The normalized spacial score (nSPS) is 22.6. The number of hydrogen-bond acceptors (Lipinski definition) is 1. The van der Waals surface area contributed by atoms with Crippen LogP contribution >= 0.6 is 11.6 Å². The number of rotatable bonds is 1. The molecule has 3 rings (SSSR count). The summed E-state index contributed by atoms with van der Waals surface area (Å²) in [7, 11) is 0. The SMILES string of the molecule is OC1(c2ccc(Cl)cc2)CCCCc2ccccc21. The highest BCUT2D eigenvalue weighted by molar-refractivity contribution is 6.30. The van der Waals surface area contributed by atoms with Crippen molar-refractivity contribution in [2.24, 2.45) is 0 Å². The number of aliphatic hydroxyl groups is 1. The van der Waals surface area contributed by atoms with Gasteiger partial charge in [0.05, 0.1) is 0 Å². The molecule has 98 valence electrons.